The Labute approximate surface area is 113 Å². The van der Waals surface area contributed by atoms with E-state index in [0.29, 0.717) is 12.5 Å². The summed E-state index contributed by atoms with van der Waals surface area (Å²) in [5.41, 5.74) is 0. The highest BCUT2D eigenvalue weighted by molar-refractivity contribution is 7.89. The number of hydrogen-bond donors (Lipinski definition) is 2. The van der Waals surface area contributed by atoms with Gasteiger partial charge in [0.15, 0.2) is 0 Å². The molecule has 0 bridgehead atoms. The summed E-state index contributed by atoms with van der Waals surface area (Å²) in [5.74, 6) is 0.147. The molecule has 3 unspecified atom stereocenters. The van der Waals surface area contributed by atoms with Gasteiger partial charge in [0, 0.05) is 34.9 Å². The van der Waals surface area contributed by atoms with Crippen LogP contribution in [0, 0.1) is 0 Å². The van der Waals surface area contributed by atoms with Gasteiger partial charge in [-0.3, -0.25) is 4.21 Å². The molecule has 0 amide bonds. The standard InChI is InChI=1S/C11H24N2O3S2/c1-10(17(2)14)9-13-18(15,16)8-6-11-5-3-4-7-12-11/h10-13H,3-9H2,1-2H3. The van der Waals surface area contributed by atoms with Gasteiger partial charge in [0.05, 0.1) is 5.75 Å². The van der Waals surface area contributed by atoms with E-state index in [2.05, 4.69) is 10.0 Å². The molecular weight excluding hydrogens is 272 g/mol. The quantitative estimate of drug-likeness (QED) is 0.704. The van der Waals surface area contributed by atoms with Gasteiger partial charge in [0.2, 0.25) is 10.0 Å². The van der Waals surface area contributed by atoms with Gasteiger partial charge in [-0.25, -0.2) is 13.1 Å². The first kappa shape index (κ1) is 16.1. The van der Waals surface area contributed by atoms with Crippen molar-refractivity contribution in [1.29, 1.82) is 0 Å². The van der Waals surface area contributed by atoms with Crippen molar-refractivity contribution in [3.8, 4) is 0 Å². The Morgan fingerprint density at radius 2 is 2.17 bits per heavy atom. The Hall–Kier alpha value is 0.0200. The van der Waals surface area contributed by atoms with Crippen LogP contribution >= 0.6 is 0 Å². The molecule has 1 aliphatic heterocycles. The Balaban J connectivity index is 2.28. The molecule has 1 fully saturated rings. The highest BCUT2D eigenvalue weighted by atomic mass is 32.2. The Kier molecular flexibility index (Phi) is 6.76. The van der Waals surface area contributed by atoms with Crippen molar-refractivity contribution >= 4 is 20.8 Å². The maximum atomic E-state index is 11.8. The Morgan fingerprint density at radius 3 is 2.72 bits per heavy atom. The second kappa shape index (κ2) is 7.57. The summed E-state index contributed by atoms with van der Waals surface area (Å²) < 4.78 is 37.2. The predicted molar refractivity (Wildman–Crippen MR) is 75.6 cm³/mol. The van der Waals surface area contributed by atoms with Gasteiger partial charge in [-0.05, 0) is 32.7 Å². The van der Waals surface area contributed by atoms with Gasteiger partial charge in [-0.2, -0.15) is 0 Å². The van der Waals surface area contributed by atoms with E-state index in [4.69, 9.17) is 0 Å². The van der Waals surface area contributed by atoms with Crippen molar-refractivity contribution < 1.29 is 12.6 Å². The molecule has 0 aromatic carbocycles. The summed E-state index contributed by atoms with van der Waals surface area (Å²) in [6, 6.07) is 0.327. The topological polar surface area (TPSA) is 75.3 Å². The van der Waals surface area contributed by atoms with Gasteiger partial charge in [-0.1, -0.05) is 6.42 Å². The van der Waals surface area contributed by atoms with Crippen LogP contribution in [0.5, 0.6) is 0 Å². The number of hydrogen-bond acceptors (Lipinski definition) is 4. The fourth-order valence-corrected chi connectivity index (χ4v) is 3.57. The zero-order chi connectivity index (χ0) is 13.6. The third kappa shape index (κ3) is 6.26. The molecule has 2 N–H and O–H groups in total. The lowest BCUT2D eigenvalue weighted by atomic mass is 10.0. The molecule has 0 spiro atoms. The Morgan fingerprint density at radius 1 is 1.44 bits per heavy atom. The van der Waals surface area contributed by atoms with Crippen molar-refractivity contribution in [2.24, 2.45) is 0 Å². The lowest BCUT2D eigenvalue weighted by Gasteiger charge is -2.23. The fraction of sp³-hybridized carbons (Fsp3) is 1.00. The van der Waals surface area contributed by atoms with Gasteiger partial charge < -0.3 is 5.32 Å². The molecule has 0 aliphatic carbocycles. The number of sulfonamides is 1. The minimum absolute atomic E-state index is 0.146. The van der Waals surface area contributed by atoms with Crippen molar-refractivity contribution in [3.63, 3.8) is 0 Å². The molecular formula is C11H24N2O3S2. The molecule has 18 heavy (non-hydrogen) atoms. The van der Waals surface area contributed by atoms with Crippen LogP contribution in [-0.4, -0.2) is 49.0 Å². The monoisotopic (exact) mass is 296 g/mol. The minimum Gasteiger partial charge on any atom is -0.314 e. The first-order valence-corrected chi connectivity index (χ1v) is 9.71. The smallest absolute Gasteiger partial charge is 0.211 e. The second-order valence-corrected chi connectivity index (χ2v) is 8.64. The molecule has 108 valence electrons. The van der Waals surface area contributed by atoms with Crippen molar-refractivity contribution in [2.75, 3.05) is 25.1 Å². The van der Waals surface area contributed by atoms with Crippen LogP contribution in [0.15, 0.2) is 0 Å². The lowest BCUT2D eigenvalue weighted by molar-refractivity contribution is 0.392. The van der Waals surface area contributed by atoms with Crippen molar-refractivity contribution in [2.45, 2.75) is 43.9 Å². The number of rotatable bonds is 7. The van der Waals surface area contributed by atoms with Gasteiger partial charge in [0.1, 0.15) is 0 Å². The van der Waals surface area contributed by atoms with Crippen LogP contribution in [0.25, 0.3) is 0 Å². The summed E-state index contributed by atoms with van der Waals surface area (Å²) in [6.07, 6.45) is 5.66. The zero-order valence-corrected chi connectivity index (χ0v) is 12.8. The second-order valence-electron chi connectivity index (χ2n) is 4.91. The van der Waals surface area contributed by atoms with Gasteiger partial charge >= 0.3 is 0 Å². The first-order chi connectivity index (χ1) is 8.41. The van der Waals surface area contributed by atoms with Gasteiger partial charge in [0.25, 0.3) is 0 Å². The summed E-state index contributed by atoms with van der Waals surface area (Å²) >= 11 is 0. The molecule has 7 heteroatoms. The van der Waals surface area contributed by atoms with E-state index in [1.54, 1.807) is 13.2 Å². The number of nitrogens with one attached hydrogen (secondary N) is 2. The molecule has 5 nitrogen and oxygen atoms in total. The van der Waals surface area contributed by atoms with E-state index in [-0.39, 0.29) is 17.5 Å². The van der Waals surface area contributed by atoms with Crippen molar-refractivity contribution in [1.82, 2.24) is 10.0 Å². The van der Waals surface area contributed by atoms with E-state index in [0.717, 1.165) is 13.0 Å². The van der Waals surface area contributed by atoms with E-state index in [1.165, 1.54) is 12.8 Å². The van der Waals surface area contributed by atoms with E-state index in [1.807, 2.05) is 0 Å². The van der Waals surface area contributed by atoms with Gasteiger partial charge in [-0.15, -0.1) is 0 Å². The first-order valence-electron chi connectivity index (χ1n) is 6.43. The van der Waals surface area contributed by atoms with Crippen molar-refractivity contribution in [3.05, 3.63) is 0 Å². The molecule has 0 aromatic rings. The summed E-state index contributed by atoms with van der Waals surface area (Å²) in [5, 5.41) is 3.19. The Bertz CT molecular complexity index is 364. The molecule has 3 atom stereocenters. The van der Waals surface area contributed by atoms with E-state index >= 15 is 0 Å². The van der Waals surface area contributed by atoms with Crippen LogP contribution in [0.3, 0.4) is 0 Å². The molecule has 1 heterocycles. The molecule has 0 aromatic heterocycles. The normalized spacial score (nSPS) is 24.7. The number of piperidine rings is 1. The molecule has 1 rings (SSSR count). The lowest BCUT2D eigenvalue weighted by Crippen LogP contribution is -2.38. The van der Waals surface area contributed by atoms with E-state index < -0.39 is 20.8 Å². The highest BCUT2D eigenvalue weighted by Gasteiger charge is 2.18. The third-order valence-electron chi connectivity index (χ3n) is 3.30. The van der Waals surface area contributed by atoms with Crippen LogP contribution in [0.4, 0.5) is 0 Å². The summed E-state index contributed by atoms with van der Waals surface area (Å²) in [6.45, 7) is 3.02. The van der Waals surface area contributed by atoms with Crippen LogP contribution in [0.1, 0.15) is 32.6 Å². The average Bonchev–Trinajstić information content (AvgIpc) is 2.35. The van der Waals surface area contributed by atoms with Crippen LogP contribution in [-0.2, 0) is 20.8 Å². The molecule has 0 saturated carbocycles. The highest BCUT2D eigenvalue weighted by Crippen LogP contribution is 2.10. The SMILES string of the molecule is CC(CNS(=O)(=O)CCC1CCCCN1)S(C)=O. The van der Waals surface area contributed by atoms with E-state index in [9.17, 15) is 12.6 Å². The van der Waals surface area contributed by atoms with Crippen LogP contribution < -0.4 is 10.0 Å². The predicted octanol–water partition coefficient (Wildman–Crippen LogP) is 0.205. The largest absolute Gasteiger partial charge is 0.314 e. The summed E-state index contributed by atoms with van der Waals surface area (Å²) in [4.78, 5) is 0. The zero-order valence-electron chi connectivity index (χ0n) is 11.1. The minimum atomic E-state index is -3.23. The average molecular weight is 296 g/mol. The maximum Gasteiger partial charge on any atom is 0.211 e. The molecule has 1 saturated heterocycles. The van der Waals surface area contributed by atoms with Crippen LogP contribution in [0.2, 0.25) is 0 Å². The third-order valence-corrected chi connectivity index (χ3v) is 5.98. The fourth-order valence-electron chi connectivity index (χ4n) is 1.90. The summed E-state index contributed by atoms with van der Waals surface area (Å²) in [7, 11) is -4.23. The molecule has 0 radical (unpaired) electrons. The maximum absolute atomic E-state index is 11.8. The molecule has 1 aliphatic rings.